The number of nitrogens with zero attached hydrogens (tertiary/aromatic N) is 1. The van der Waals surface area contributed by atoms with E-state index in [0.717, 1.165) is 24.8 Å². The van der Waals surface area contributed by atoms with Gasteiger partial charge in [0.2, 0.25) is 0 Å². The molecule has 5 rings (SSSR count). The minimum atomic E-state index is 0.324. The first-order chi connectivity index (χ1) is 10.8. The number of carbonyl (C=O) groups is 1. The van der Waals surface area contributed by atoms with Gasteiger partial charge in [-0.05, 0) is 30.4 Å². The summed E-state index contributed by atoms with van der Waals surface area (Å²) in [6.45, 7) is 0. The SMILES string of the molecule is O=C1CCc2c1c1cccc3c1n2C(c1ccccc1)CC3. The second-order valence-electron chi connectivity index (χ2n) is 6.39. The van der Waals surface area contributed by atoms with Crippen LogP contribution in [0, 0.1) is 0 Å². The minimum Gasteiger partial charge on any atom is -0.336 e. The molecule has 0 fully saturated rings. The molecule has 1 atom stereocenters. The zero-order valence-electron chi connectivity index (χ0n) is 12.4. The molecule has 1 aromatic heterocycles. The van der Waals surface area contributed by atoms with Crippen LogP contribution in [0.1, 0.15) is 46.1 Å². The molecule has 0 spiro atoms. The highest BCUT2D eigenvalue weighted by molar-refractivity contribution is 6.12. The second-order valence-corrected chi connectivity index (χ2v) is 6.39. The van der Waals surface area contributed by atoms with Gasteiger partial charge in [0.25, 0.3) is 0 Å². The van der Waals surface area contributed by atoms with Gasteiger partial charge >= 0.3 is 0 Å². The molecule has 0 saturated heterocycles. The van der Waals surface area contributed by atoms with Crippen molar-refractivity contribution < 1.29 is 4.79 Å². The van der Waals surface area contributed by atoms with Crippen molar-refractivity contribution in [3.05, 3.63) is 70.9 Å². The van der Waals surface area contributed by atoms with E-state index < -0.39 is 0 Å². The number of carbonyl (C=O) groups excluding carboxylic acids is 1. The van der Waals surface area contributed by atoms with Gasteiger partial charge in [0.15, 0.2) is 5.78 Å². The number of ketones is 1. The quantitative estimate of drug-likeness (QED) is 0.654. The number of benzene rings is 2. The molecular weight excluding hydrogens is 270 g/mol. The normalized spacial score (nSPS) is 19.6. The lowest BCUT2D eigenvalue weighted by atomic mass is 9.93. The molecule has 2 aliphatic rings. The third kappa shape index (κ3) is 1.47. The summed E-state index contributed by atoms with van der Waals surface area (Å²) in [5, 5.41) is 1.18. The fourth-order valence-electron chi connectivity index (χ4n) is 4.36. The van der Waals surface area contributed by atoms with Crippen LogP contribution in [0.3, 0.4) is 0 Å². The van der Waals surface area contributed by atoms with E-state index in [1.807, 2.05) is 0 Å². The molecule has 2 heteroatoms. The number of aryl methyl sites for hydroxylation is 1. The minimum absolute atomic E-state index is 0.324. The first kappa shape index (κ1) is 12.2. The Morgan fingerprint density at radius 3 is 2.64 bits per heavy atom. The molecule has 1 unspecified atom stereocenters. The summed E-state index contributed by atoms with van der Waals surface area (Å²) >= 11 is 0. The van der Waals surface area contributed by atoms with Crippen LogP contribution in [0.25, 0.3) is 10.9 Å². The van der Waals surface area contributed by atoms with Crippen LogP contribution in [0.4, 0.5) is 0 Å². The van der Waals surface area contributed by atoms with E-state index in [-0.39, 0.29) is 0 Å². The van der Waals surface area contributed by atoms with Crippen LogP contribution in [0.15, 0.2) is 48.5 Å². The van der Waals surface area contributed by atoms with Gasteiger partial charge < -0.3 is 4.57 Å². The van der Waals surface area contributed by atoms with Gasteiger partial charge in [-0.3, -0.25) is 4.79 Å². The third-order valence-electron chi connectivity index (χ3n) is 5.26. The molecular formula is C20H17NO. The Morgan fingerprint density at radius 1 is 0.909 bits per heavy atom. The Labute approximate surface area is 129 Å². The van der Waals surface area contributed by atoms with Gasteiger partial charge in [0.05, 0.1) is 11.6 Å². The number of para-hydroxylation sites is 1. The maximum absolute atomic E-state index is 12.4. The number of hydrogen-bond acceptors (Lipinski definition) is 1. The largest absolute Gasteiger partial charge is 0.336 e. The van der Waals surface area contributed by atoms with Gasteiger partial charge in [-0.15, -0.1) is 0 Å². The zero-order valence-corrected chi connectivity index (χ0v) is 12.4. The van der Waals surface area contributed by atoms with Crippen molar-refractivity contribution in [3.8, 4) is 0 Å². The van der Waals surface area contributed by atoms with Gasteiger partial charge in [-0.25, -0.2) is 0 Å². The van der Waals surface area contributed by atoms with Crippen LogP contribution >= 0.6 is 0 Å². The molecule has 0 bridgehead atoms. The summed E-state index contributed by atoms with van der Waals surface area (Å²) in [5.41, 5.74) is 6.32. The van der Waals surface area contributed by atoms with E-state index in [1.165, 1.54) is 27.7 Å². The van der Waals surface area contributed by atoms with Crippen molar-refractivity contribution in [1.82, 2.24) is 4.57 Å². The maximum Gasteiger partial charge on any atom is 0.165 e. The lowest BCUT2D eigenvalue weighted by Gasteiger charge is -2.28. The molecule has 3 aromatic rings. The molecule has 0 amide bonds. The Morgan fingerprint density at radius 2 is 1.77 bits per heavy atom. The summed E-state index contributed by atoms with van der Waals surface area (Å²) < 4.78 is 2.48. The summed E-state index contributed by atoms with van der Waals surface area (Å²) in [6, 6.07) is 17.6. The molecule has 2 heterocycles. The van der Waals surface area contributed by atoms with E-state index >= 15 is 0 Å². The van der Waals surface area contributed by atoms with Crippen molar-refractivity contribution in [2.75, 3.05) is 0 Å². The molecule has 1 aliphatic heterocycles. The van der Waals surface area contributed by atoms with E-state index in [4.69, 9.17) is 0 Å². The molecule has 2 nitrogen and oxygen atoms in total. The van der Waals surface area contributed by atoms with E-state index in [9.17, 15) is 4.79 Å². The Hall–Kier alpha value is -2.35. The van der Waals surface area contributed by atoms with Crippen molar-refractivity contribution in [1.29, 1.82) is 0 Å². The molecule has 108 valence electrons. The number of aromatic nitrogens is 1. The highest BCUT2D eigenvalue weighted by atomic mass is 16.1. The van der Waals surface area contributed by atoms with E-state index in [2.05, 4.69) is 53.1 Å². The standard InChI is InChI=1S/C20H17NO/c22-18-12-11-17-19(18)15-8-4-7-14-9-10-16(21(17)20(14)15)13-5-2-1-3-6-13/h1-8,16H,9-12H2. The zero-order chi connectivity index (χ0) is 14.7. The van der Waals surface area contributed by atoms with Crippen LogP contribution in [-0.2, 0) is 12.8 Å². The lowest BCUT2D eigenvalue weighted by Crippen LogP contribution is -2.18. The smallest absolute Gasteiger partial charge is 0.165 e. The summed E-state index contributed by atoms with van der Waals surface area (Å²) in [6.07, 6.45) is 3.78. The summed E-state index contributed by atoms with van der Waals surface area (Å²) in [7, 11) is 0. The first-order valence-corrected chi connectivity index (χ1v) is 8.07. The second kappa shape index (κ2) is 4.33. The number of hydrogen-bond donors (Lipinski definition) is 0. The number of rotatable bonds is 1. The first-order valence-electron chi connectivity index (χ1n) is 8.07. The molecule has 1 aliphatic carbocycles. The molecule has 0 N–H and O–H groups in total. The van der Waals surface area contributed by atoms with Crippen LogP contribution < -0.4 is 0 Å². The van der Waals surface area contributed by atoms with Gasteiger partial charge in [-0.2, -0.15) is 0 Å². The lowest BCUT2D eigenvalue weighted by molar-refractivity contribution is 0.0996. The average molecular weight is 287 g/mol. The third-order valence-corrected chi connectivity index (χ3v) is 5.26. The highest BCUT2D eigenvalue weighted by Crippen LogP contribution is 2.42. The van der Waals surface area contributed by atoms with Crippen molar-refractivity contribution in [2.24, 2.45) is 0 Å². The van der Waals surface area contributed by atoms with Crippen molar-refractivity contribution >= 4 is 16.7 Å². The molecule has 0 radical (unpaired) electrons. The van der Waals surface area contributed by atoms with Gasteiger partial charge in [0.1, 0.15) is 0 Å². The summed E-state index contributed by atoms with van der Waals surface area (Å²) in [5.74, 6) is 0.324. The van der Waals surface area contributed by atoms with Crippen LogP contribution in [0.2, 0.25) is 0 Å². The Kier molecular flexibility index (Phi) is 2.40. The van der Waals surface area contributed by atoms with E-state index in [1.54, 1.807) is 0 Å². The van der Waals surface area contributed by atoms with E-state index in [0.29, 0.717) is 18.2 Å². The fourth-order valence-corrected chi connectivity index (χ4v) is 4.36. The fraction of sp³-hybridized carbons (Fsp3) is 0.250. The Bertz CT molecular complexity index is 904. The Balaban J connectivity index is 1.86. The summed E-state index contributed by atoms with van der Waals surface area (Å²) in [4.78, 5) is 12.4. The molecule has 0 saturated carbocycles. The topological polar surface area (TPSA) is 22.0 Å². The number of fused-ring (bicyclic) bond motifs is 3. The van der Waals surface area contributed by atoms with Crippen LogP contribution in [-0.4, -0.2) is 10.4 Å². The predicted octanol–water partition coefficient (Wildman–Crippen LogP) is 4.31. The van der Waals surface area contributed by atoms with Gasteiger partial charge in [0, 0.05) is 23.1 Å². The van der Waals surface area contributed by atoms with Gasteiger partial charge in [-0.1, -0.05) is 48.5 Å². The monoisotopic (exact) mass is 287 g/mol. The molecule has 2 aromatic carbocycles. The average Bonchev–Trinajstić information content (AvgIpc) is 3.10. The highest BCUT2D eigenvalue weighted by Gasteiger charge is 2.33. The molecule has 22 heavy (non-hydrogen) atoms. The van der Waals surface area contributed by atoms with Crippen molar-refractivity contribution in [3.63, 3.8) is 0 Å². The maximum atomic E-state index is 12.4. The predicted molar refractivity (Wildman–Crippen MR) is 87.5 cm³/mol. The number of Topliss-reactive ketones (excluding diaryl/α,β-unsaturated/α-hetero) is 1. The van der Waals surface area contributed by atoms with Crippen molar-refractivity contribution in [2.45, 2.75) is 31.7 Å². The van der Waals surface area contributed by atoms with Crippen LogP contribution in [0.5, 0.6) is 0 Å².